The minimum Gasteiger partial charge on any atom is -0.487 e. The van der Waals surface area contributed by atoms with E-state index in [-0.39, 0.29) is 17.6 Å². The van der Waals surface area contributed by atoms with E-state index >= 15 is 0 Å². The minimum atomic E-state index is -0.569. The second-order valence-corrected chi connectivity index (χ2v) is 8.50. The molecule has 1 aliphatic rings. The number of aryl methyl sites for hydroxylation is 2. The van der Waals surface area contributed by atoms with Crippen LogP contribution in [0.1, 0.15) is 56.3 Å². The van der Waals surface area contributed by atoms with Crippen molar-refractivity contribution in [2.24, 2.45) is 0 Å². The summed E-state index contributed by atoms with van der Waals surface area (Å²) in [6.07, 6.45) is 0.701. The summed E-state index contributed by atoms with van der Waals surface area (Å²) in [7, 11) is 0. The van der Waals surface area contributed by atoms with Crippen LogP contribution in [0.4, 0.5) is 0 Å². The van der Waals surface area contributed by atoms with Crippen molar-refractivity contribution in [2.45, 2.75) is 65.2 Å². The summed E-state index contributed by atoms with van der Waals surface area (Å²) in [5, 5.41) is 3.86. The monoisotopic (exact) mass is 401 g/mol. The molecule has 0 aliphatic carbocycles. The molecule has 0 saturated carbocycles. The maximum atomic E-state index is 13.0. The van der Waals surface area contributed by atoms with Gasteiger partial charge in [-0.2, -0.15) is 0 Å². The third kappa shape index (κ3) is 4.61. The van der Waals surface area contributed by atoms with Crippen molar-refractivity contribution in [1.82, 2.24) is 5.32 Å². The number of carbonyl (C=O) groups is 1. The fourth-order valence-electron chi connectivity index (χ4n) is 3.53. The smallest absolute Gasteiger partial charge is 0.261 e. The van der Waals surface area contributed by atoms with Crippen LogP contribution in [0.2, 0.25) is 5.02 Å². The number of nitrogens with one attached hydrogen (secondary N) is 1. The fourth-order valence-corrected chi connectivity index (χ4v) is 3.65. The Kier molecular flexibility index (Phi) is 5.90. The van der Waals surface area contributed by atoms with Gasteiger partial charge in [0, 0.05) is 17.0 Å². The molecule has 4 nitrogen and oxygen atoms in total. The third-order valence-electron chi connectivity index (χ3n) is 5.01. The predicted molar refractivity (Wildman–Crippen MR) is 112 cm³/mol. The summed E-state index contributed by atoms with van der Waals surface area (Å²) in [6.45, 7) is 9.98. The van der Waals surface area contributed by atoms with E-state index in [0.29, 0.717) is 23.6 Å². The standard InChI is InChI=1S/C23H28ClNO3/c1-6-20(27-16-8-10-18(24)15(3)12-16)22(26)25-19-13-23(4,5)28-21-11-14(2)7-9-17(19)21/h7-12,19-20H,6,13H2,1-5H3,(H,25,26)/t19-,20-/m0/s1. The van der Waals surface area contributed by atoms with Crippen LogP contribution in [-0.4, -0.2) is 17.6 Å². The molecule has 0 bridgehead atoms. The Morgan fingerprint density at radius 2 is 2.04 bits per heavy atom. The van der Waals surface area contributed by atoms with Gasteiger partial charge in [0.05, 0.1) is 6.04 Å². The number of ether oxygens (including phenoxy) is 2. The highest BCUT2D eigenvalue weighted by atomic mass is 35.5. The molecule has 0 radical (unpaired) electrons. The lowest BCUT2D eigenvalue weighted by Gasteiger charge is -2.38. The highest BCUT2D eigenvalue weighted by Gasteiger charge is 2.35. The van der Waals surface area contributed by atoms with E-state index in [1.54, 1.807) is 12.1 Å². The highest BCUT2D eigenvalue weighted by molar-refractivity contribution is 6.31. The lowest BCUT2D eigenvalue weighted by Crippen LogP contribution is -2.45. The number of fused-ring (bicyclic) bond motifs is 1. The Hall–Kier alpha value is -2.20. The van der Waals surface area contributed by atoms with Gasteiger partial charge in [0.15, 0.2) is 6.10 Å². The first-order valence-electron chi connectivity index (χ1n) is 9.71. The number of rotatable bonds is 5. The molecular formula is C23H28ClNO3. The van der Waals surface area contributed by atoms with E-state index in [1.807, 2.05) is 58.9 Å². The SMILES string of the molecule is CC[C@H](Oc1ccc(Cl)c(C)c1)C(=O)N[C@H]1CC(C)(C)Oc2cc(C)ccc21. The van der Waals surface area contributed by atoms with E-state index in [4.69, 9.17) is 21.1 Å². The van der Waals surface area contributed by atoms with Crippen LogP contribution in [0.15, 0.2) is 36.4 Å². The van der Waals surface area contributed by atoms with Crippen molar-refractivity contribution in [2.75, 3.05) is 0 Å². The topological polar surface area (TPSA) is 47.6 Å². The van der Waals surface area contributed by atoms with Crippen LogP contribution in [0, 0.1) is 13.8 Å². The number of amides is 1. The lowest BCUT2D eigenvalue weighted by atomic mass is 9.89. The van der Waals surface area contributed by atoms with Crippen LogP contribution in [0.5, 0.6) is 11.5 Å². The molecular weight excluding hydrogens is 374 g/mol. The van der Waals surface area contributed by atoms with Crippen LogP contribution < -0.4 is 14.8 Å². The van der Waals surface area contributed by atoms with Gasteiger partial charge in [-0.3, -0.25) is 4.79 Å². The van der Waals surface area contributed by atoms with Crippen molar-refractivity contribution in [3.8, 4) is 11.5 Å². The van der Waals surface area contributed by atoms with E-state index in [1.165, 1.54) is 0 Å². The molecule has 3 rings (SSSR count). The molecule has 2 atom stereocenters. The molecule has 0 fully saturated rings. The molecule has 0 unspecified atom stereocenters. The maximum Gasteiger partial charge on any atom is 0.261 e. The number of benzene rings is 2. The molecule has 0 saturated heterocycles. The molecule has 5 heteroatoms. The second-order valence-electron chi connectivity index (χ2n) is 8.09. The molecule has 28 heavy (non-hydrogen) atoms. The van der Waals surface area contributed by atoms with Gasteiger partial charge < -0.3 is 14.8 Å². The van der Waals surface area contributed by atoms with Gasteiger partial charge in [-0.1, -0.05) is 30.7 Å². The summed E-state index contributed by atoms with van der Waals surface area (Å²) in [5.74, 6) is 1.36. The van der Waals surface area contributed by atoms with E-state index in [0.717, 1.165) is 22.4 Å². The molecule has 2 aromatic carbocycles. The van der Waals surface area contributed by atoms with E-state index in [9.17, 15) is 4.79 Å². The Balaban J connectivity index is 1.77. The molecule has 1 amide bonds. The van der Waals surface area contributed by atoms with E-state index < -0.39 is 6.10 Å². The van der Waals surface area contributed by atoms with Crippen LogP contribution in [0.3, 0.4) is 0 Å². The first-order chi connectivity index (χ1) is 13.2. The number of hydrogen-bond donors (Lipinski definition) is 1. The van der Waals surface area contributed by atoms with Crippen molar-refractivity contribution in [1.29, 1.82) is 0 Å². The maximum absolute atomic E-state index is 13.0. The average Bonchev–Trinajstić information content (AvgIpc) is 2.61. The molecule has 1 heterocycles. The molecule has 1 N–H and O–H groups in total. The van der Waals surface area contributed by atoms with Gasteiger partial charge >= 0.3 is 0 Å². The van der Waals surface area contributed by atoms with Crippen LogP contribution >= 0.6 is 11.6 Å². The lowest BCUT2D eigenvalue weighted by molar-refractivity contribution is -0.129. The van der Waals surface area contributed by atoms with Gasteiger partial charge in [-0.05, 0) is 69.5 Å². The summed E-state index contributed by atoms with van der Waals surface area (Å²) >= 11 is 6.08. The largest absolute Gasteiger partial charge is 0.487 e. The third-order valence-corrected chi connectivity index (χ3v) is 5.44. The average molecular weight is 402 g/mol. The summed E-state index contributed by atoms with van der Waals surface area (Å²) in [4.78, 5) is 13.0. The zero-order chi connectivity index (χ0) is 20.5. The Morgan fingerprint density at radius 3 is 2.71 bits per heavy atom. The van der Waals surface area contributed by atoms with Crippen molar-refractivity contribution in [3.05, 3.63) is 58.1 Å². The minimum absolute atomic E-state index is 0.114. The van der Waals surface area contributed by atoms with Crippen molar-refractivity contribution >= 4 is 17.5 Å². The summed E-state index contributed by atoms with van der Waals surface area (Å²) < 4.78 is 12.1. The first kappa shape index (κ1) is 20.5. The van der Waals surface area contributed by atoms with Gasteiger partial charge in [-0.15, -0.1) is 0 Å². The zero-order valence-electron chi connectivity index (χ0n) is 17.1. The molecule has 150 valence electrons. The molecule has 0 spiro atoms. The van der Waals surface area contributed by atoms with Gasteiger partial charge in [0.25, 0.3) is 5.91 Å². The Labute approximate surface area is 172 Å². The molecule has 2 aromatic rings. The van der Waals surface area contributed by atoms with Gasteiger partial charge in [-0.25, -0.2) is 0 Å². The predicted octanol–water partition coefficient (Wildman–Crippen LogP) is 5.53. The summed E-state index contributed by atoms with van der Waals surface area (Å²) in [5.41, 5.74) is 2.71. The van der Waals surface area contributed by atoms with Gasteiger partial charge in [0.2, 0.25) is 0 Å². The Morgan fingerprint density at radius 1 is 1.29 bits per heavy atom. The number of carbonyl (C=O) groups excluding carboxylic acids is 1. The summed E-state index contributed by atoms with van der Waals surface area (Å²) in [6, 6.07) is 11.4. The normalized spacial score (nSPS) is 18.6. The quantitative estimate of drug-likeness (QED) is 0.716. The highest BCUT2D eigenvalue weighted by Crippen LogP contribution is 2.40. The number of hydrogen-bond acceptors (Lipinski definition) is 3. The molecule has 0 aromatic heterocycles. The zero-order valence-corrected chi connectivity index (χ0v) is 17.9. The fraction of sp³-hybridized carbons (Fsp3) is 0.435. The second kappa shape index (κ2) is 8.04. The van der Waals surface area contributed by atoms with E-state index in [2.05, 4.69) is 5.32 Å². The van der Waals surface area contributed by atoms with Crippen LogP contribution in [-0.2, 0) is 4.79 Å². The van der Waals surface area contributed by atoms with Crippen LogP contribution in [0.25, 0.3) is 0 Å². The molecule has 1 aliphatic heterocycles. The first-order valence-corrected chi connectivity index (χ1v) is 10.1. The van der Waals surface area contributed by atoms with Gasteiger partial charge in [0.1, 0.15) is 17.1 Å². The Bertz CT molecular complexity index is 878. The van der Waals surface area contributed by atoms with Crippen molar-refractivity contribution < 1.29 is 14.3 Å². The van der Waals surface area contributed by atoms with Crippen molar-refractivity contribution in [3.63, 3.8) is 0 Å². The number of halogens is 1.